The highest BCUT2D eigenvalue weighted by Crippen LogP contribution is 2.37. The van der Waals surface area contributed by atoms with E-state index < -0.39 is 0 Å². The first-order chi connectivity index (χ1) is 30.7. The average Bonchev–Trinajstić information content (AvgIpc) is 4.15. The third-order valence-corrected chi connectivity index (χ3v) is 11.7. The average molecular weight is 851 g/mol. The summed E-state index contributed by atoms with van der Waals surface area (Å²) >= 11 is 0. The first-order valence-corrected chi connectivity index (χ1v) is 22.2. The molecule has 12 rings (SSSR count). The number of para-hydroxylation sites is 3. The smallest absolute Gasteiger partial charge is 0.231 e. The maximum absolute atomic E-state index is 5.50. The molecule has 0 spiro atoms. The summed E-state index contributed by atoms with van der Waals surface area (Å²) < 4.78 is 43.0. The molecule has 6 aromatic carbocycles. The summed E-state index contributed by atoms with van der Waals surface area (Å²) in [4.78, 5) is 0. The number of ether oxygens (including phenoxy) is 8. The lowest BCUT2D eigenvalue weighted by Gasteiger charge is -2.19. The van der Waals surface area contributed by atoms with Crippen LogP contribution in [-0.2, 0) is 19.3 Å². The molecule has 8 heteroatoms. The van der Waals surface area contributed by atoms with Gasteiger partial charge in [0.2, 0.25) is 6.79 Å². The van der Waals surface area contributed by atoms with Gasteiger partial charge in [0.25, 0.3) is 0 Å². The van der Waals surface area contributed by atoms with E-state index in [1.165, 1.54) is 50.9 Å². The Morgan fingerprint density at radius 3 is 1.46 bits per heavy atom. The number of hydrogen-bond acceptors (Lipinski definition) is 8. The first-order valence-electron chi connectivity index (χ1n) is 22.2. The van der Waals surface area contributed by atoms with Gasteiger partial charge in [-0.2, -0.15) is 0 Å². The number of rotatable bonds is 0. The highest BCUT2D eigenvalue weighted by Gasteiger charge is 2.21. The molecule has 0 radical (unpaired) electrons. The quantitative estimate of drug-likeness (QED) is 0.150. The minimum Gasteiger partial charge on any atom is -0.493 e. The second-order valence-electron chi connectivity index (χ2n) is 16.4. The lowest BCUT2D eigenvalue weighted by molar-refractivity contribution is 0.170. The van der Waals surface area contributed by atoms with Gasteiger partial charge in [0.1, 0.15) is 36.2 Å². The van der Waals surface area contributed by atoms with Crippen molar-refractivity contribution in [2.24, 2.45) is 0 Å². The van der Waals surface area contributed by atoms with Crippen LogP contribution >= 0.6 is 0 Å². The lowest BCUT2D eigenvalue weighted by Crippen LogP contribution is -2.15. The SMILES string of the molecule is Cc1cccc2c1C(C)CO2.Cc1cccc2c1CCCO2.Cc1cccc2c1CCO2.Cc1cccc2c1OCC2.Cc1cccc2c1OCCO2.Cc1cccc2c1OCO2. The van der Waals surface area contributed by atoms with Crippen molar-refractivity contribution in [1.82, 2.24) is 0 Å². The molecule has 1 atom stereocenters. The van der Waals surface area contributed by atoms with Crippen LogP contribution in [0.2, 0.25) is 0 Å². The van der Waals surface area contributed by atoms with E-state index in [4.69, 9.17) is 37.9 Å². The van der Waals surface area contributed by atoms with E-state index in [-0.39, 0.29) is 0 Å². The van der Waals surface area contributed by atoms with Crippen LogP contribution < -0.4 is 37.9 Å². The van der Waals surface area contributed by atoms with Crippen molar-refractivity contribution in [2.75, 3.05) is 46.4 Å². The first kappa shape index (κ1) is 44.8. The van der Waals surface area contributed by atoms with E-state index in [0.29, 0.717) is 25.9 Å². The van der Waals surface area contributed by atoms with Crippen molar-refractivity contribution >= 4 is 0 Å². The molecule has 6 heterocycles. The zero-order chi connectivity index (χ0) is 44.1. The molecule has 0 saturated heterocycles. The van der Waals surface area contributed by atoms with Gasteiger partial charge in [-0.3, -0.25) is 0 Å². The molecule has 330 valence electrons. The molecule has 6 aromatic rings. The number of benzene rings is 6. The van der Waals surface area contributed by atoms with Gasteiger partial charge < -0.3 is 37.9 Å². The molecule has 0 N–H and O–H groups in total. The third-order valence-electron chi connectivity index (χ3n) is 11.7. The summed E-state index contributed by atoms with van der Waals surface area (Å²) in [6.45, 7) is 19.9. The predicted molar refractivity (Wildman–Crippen MR) is 250 cm³/mol. The van der Waals surface area contributed by atoms with Crippen LogP contribution in [0.3, 0.4) is 0 Å². The molecular formula is C55H62O8. The van der Waals surface area contributed by atoms with Crippen molar-refractivity contribution < 1.29 is 37.9 Å². The fourth-order valence-electron chi connectivity index (χ4n) is 8.34. The van der Waals surface area contributed by atoms with Crippen LogP contribution in [0.15, 0.2) is 109 Å². The standard InChI is InChI=1S/2C10H12O.C9H10O2.2C9H10O.C8H8O2/c1-7-4-3-5-9-10(7)8(2)6-11-9;1-8-4-2-6-10-9(8)5-3-7-11-10;1-7-3-2-4-8-9(7)11-6-5-10-8;1-7-3-2-4-9-8(7)5-6-10-9;1-7-3-2-4-8-5-6-10-9(7)8;1-6-3-2-4-7-8(6)10-5-9-7/h3-5,8H,6H2,1-2H3;2,4,6H,3,5,7H2,1H3;2-4H,5-6H2,1H3;2*2-4H,5-6H2,1H3;2-4H,5H2,1H3. The number of aryl methyl sites for hydroxylation is 6. The van der Waals surface area contributed by atoms with Crippen LogP contribution in [0.4, 0.5) is 0 Å². The fraction of sp³-hybridized carbons (Fsp3) is 0.345. The summed E-state index contributed by atoms with van der Waals surface area (Å²) in [7, 11) is 0. The Kier molecular flexibility index (Phi) is 15.4. The Labute approximate surface area is 374 Å². The second-order valence-corrected chi connectivity index (χ2v) is 16.4. The third kappa shape index (κ3) is 11.4. The summed E-state index contributed by atoms with van der Waals surface area (Å²) in [5, 5.41) is 0. The van der Waals surface area contributed by atoms with Crippen LogP contribution in [0.25, 0.3) is 0 Å². The second kappa shape index (κ2) is 21.7. The molecule has 0 aromatic heterocycles. The number of fused-ring (bicyclic) bond motifs is 6. The van der Waals surface area contributed by atoms with Crippen LogP contribution in [0.5, 0.6) is 46.0 Å². The molecule has 0 bridgehead atoms. The maximum Gasteiger partial charge on any atom is 0.231 e. The Morgan fingerprint density at radius 1 is 0.365 bits per heavy atom. The summed E-state index contributed by atoms with van der Waals surface area (Å²) in [5.74, 6) is 8.47. The lowest BCUT2D eigenvalue weighted by atomic mass is 9.99. The molecule has 6 aliphatic rings. The Hall–Kier alpha value is -6.28. The predicted octanol–water partition coefficient (Wildman–Crippen LogP) is 12.2. The van der Waals surface area contributed by atoms with Crippen molar-refractivity contribution in [3.8, 4) is 46.0 Å². The molecular weight excluding hydrogens is 789 g/mol. The van der Waals surface area contributed by atoms with Crippen LogP contribution in [0, 0.1) is 41.5 Å². The van der Waals surface area contributed by atoms with Gasteiger partial charge in [0.05, 0.1) is 26.4 Å². The van der Waals surface area contributed by atoms with Crippen molar-refractivity contribution in [2.45, 2.75) is 80.1 Å². The molecule has 0 amide bonds. The highest BCUT2D eigenvalue weighted by molar-refractivity contribution is 5.49. The van der Waals surface area contributed by atoms with Gasteiger partial charge in [-0.15, -0.1) is 0 Å². The molecule has 0 saturated carbocycles. The normalized spacial score (nSPS) is 15.7. The van der Waals surface area contributed by atoms with E-state index >= 15 is 0 Å². The zero-order valence-electron chi connectivity index (χ0n) is 38.0. The van der Waals surface area contributed by atoms with Crippen molar-refractivity contribution in [1.29, 1.82) is 0 Å². The topological polar surface area (TPSA) is 73.8 Å². The van der Waals surface area contributed by atoms with Crippen molar-refractivity contribution in [3.05, 3.63) is 165 Å². The largest absolute Gasteiger partial charge is 0.493 e. The summed E-state index contributed by atoms with van der Waals surface area (Å²) in [5.41, 5.74) is 13.2. The van der Waals surface area contributed by atoms with Gasteiger partial charge in [-0.05, 0) is 129 Å². The Morgan fingerprint density at radius 2 is 0.841 bits per heavy atom. The van der Waals surface area contributed by atoms with Crippen molar-refractivity contribution in [3.63, 3.8) is 0 Å². The van der Waals surface area contributed by atoms with E-state index in [2.05, 4.69) is 83.1 Å². The van der Waals surface area contributed by atoms with E-state index in [9.17, 15) is 0 Å². The fourth-order valence-corrected chi connectivity index (χ4v) is 8.34. The zero-order valence-corrected chi connectivity index (χ0v) is 38.0. The van der Waals surface area contributed by atoms with Crippen LogP contribution in [0.1, 0.15) is 74.9 Å². The van der Waals surface area contributed by atoms with Gasteiger partial charge >= 0.3 is 0 Å². The van der Waals surface area contributed by atoms with Crippen LogP contribution in [-0.4, -0.2) is 46.4 Å². The maximum atomic E-state index is 5.50. The van der Waals surface area contributed by atoms with E-state index in [1.807, 2.05) is 74.5 Å². The Bertz CT molecular complexity index is 2260. The summed E-state index contributed by atoms with van der Waals surface area (Å²) in [6.07, 6.45) is 4.51. The monoisotopic (exact) mass is 850 g/mol. The minimum atomic E-state index is 0.361. The Balaban J connectivity index is 0.000000113. The molecule has 8 nitrogen and oxygen atoms in total. The van der Waals surface area contributed by atoms with Gasteiger partial charge in [0.15, 0.2) is 23.0 Å². The molecule has 6 aliphatic heterocycles. The van der Waals surface area contributed by atoms with Gasteiger partial charge in [0, 0.05) is 29.9 Å². The van der Waals surface area contributed by atoms with E-state index in [0.717, 1.165) is 103 Å². The van der Waals surface area contributed by atoms with Gasteiger partial charge in [-0.1, -0.05) is 85.8 Å². The molecule has 0 fully saturated rings. The number of hydrogen-bond donors (Lipinski definition) is 0. The molecule has 1 unspecified atom stereocenters. The van der Waals surface area contributed by atoms with Gasteiger partial charge in [-0.25, -0.2) is 0 Å². The molecule has 0 aliphatic carbocycles. The summed E-state index contributed by atoms with van der Waals surface area (Å²) in [6, 6.07) is 36.8. The molecule has 63 heavy (non-hydrogen) atoms. The highest BCUT2D eigenvalue weighted by atomic mass is 16.7. The van der Waals surface area contributed by atoms with E-state index in [1.54, 1.807) is 0 Å². The minimum absolute atomic E-state index is 0.361.